The van der Waals surface area contributed by atoms with Crippen LogP contribution in [0, 0.1) is 22.7 Å². The molecule has 1 aromatic carbocycles. The van der Waals surface area contributed by atoms with Gasteiger partial charge in [0.15, 0.2) is 5.11 Å². The molecule has 0 atom stereocenters. The number of azo groups is 1. The number of thiocarbonyl (C=S) groups is 1. The van der Waals surface area contributed by atoms with Gasteiger partial charge in [0.25, 0.3) is 0 Å². The van der Waals surface area contributed by atoms with Crippen LogP contribution in [0.25, 0.3) is 0 Å². The second-order valence-electron chi connectivity index (χ2n) is 3.60. The van der Waals surface area contributed by atoms with Gasteiger partial charge in [-0.05, 0) is 36.8 Å². The minimum absolute atomic E-state index is 0.0915. The highest BCUT2D eigenvalue weighted by Gasteiger charge is 2.01. The number of hydrogen-bond donors (Lipinski definition) is 2. The van der Waals surface area contributed by atoms with Crippen molar-refractivity contribution in [3.8, 4) is 12.1 Å². The van der Waals surface area contributed by atoms with Crippen LogP contribution in [0.15, 0.2) is 39.6 Å². The molecule has 100 valence electrons. The minimum Gasteiger partial charge on any atom is -0.375 e. The largest absolute Gasteiger partial charge is 0.375 e. The summed E-state index contributed by atoms with van der Waals surface area (Å²) in [5, 5.41) is 28.6. The van der Waals surface area contributed by atoms with Gasteiger partial charge in [-0.2, -0.15) is 25.9 Å². The lowest BCUT2D eigenvalue weighted by Crippen LogP contribution is -2.25. The lowest BCUT2D eigenvalue weighted by molar-refractivity contribution is 0.949. The highest BCUT2D eigenvalue weighted by Crippen LogP contribution is 2.14. The maximum Gasteiger partial charge on any atom is 0.242 e. The number of benzene rings is 1. The molecule has 0 aliphatic heterocycles. The van der Waals surface area contributed by atoms with E-state index >= 15 is 0 Å². The van der Waals surface area contributed by atoms with Crippen molar-refractivity contribution in [3.63, 3.8) is 0 Å². The van der Waals surface area contributed by atoms with E-state index in [1.54, 1.807) is 43.3 Å². The molecule has 0 saturated carbocycles. The number of nitrogens with one attached hydrogen (secondary N) is 1. The number of rotatable bonds is 4. The zero-order valence-electron chi connectivity index (χ0n) is 10.6. The summed E-state index contributed by atoms with van der Waals surface area (Å²) >= 11 is 4.65. The zero-order chi connectivity index (χ0) is 15.0. The van der Waals surface area contributed by atoms with Crippen molar-refractivity contribution in [2.75, 3.05) is 0 Å². The molecule has 0 saturated heterocycles. The smallest absolute Gasteiger partial charge is 0.242 e. The molecule has 0 aromatic heterocycles. The average Bonchev–Trinajstić information content (AvgIpc) is 2.46. The lowest BCUT2D eigenvalue weighted by atomic mass is 10.1. The van der Waals surface area contributed by atoms with Crippen LogP contribution in [0.1, 0.15) is 12.5 Å². The van der Waals surface area contributed by atoms with Crippen LogP contribution in [0.3, 0.4) is 0 Å². The van der Waals surface area contributed by atoms with Crippen LogP contribution in [-0.2, 0) is 0 Å². The molecule has 1 aromatic rings. The molecule has 0 aliphatic rings. The van der Waals surface area contributed by atoms with Crippen molar-refractivity contribution < 1.29 is 0 Å². The van der Waals surface area contributed by atoms with Gasteiger partial charge in [0.1, 0.15) is 12.1 Å². The zero-order valence-corrected chi connectivity index (χ0v) is 11.4. The predicted octanol–water partition coefficient (Wildman–Crippen LogP) is 1.74. The first-order valence-electron chi connectivity index (χ1n) is 5.47. The van der Waals surface area contributed by atoms with E-state index in [0.717, 1.165) is 5.56 Å². The van der Waals surface area contributed by atoms with Crippen molar-refractivity contribution in [2.24, 2.45) is 21.1 Å². The van der Waals surface area contributed by atoms with E-state index in [1.807, 2.05) is 0 Å². The Morgan fingerprint density at radius 3 is 2.40 bits per heavy atom. The van der Waals surface area contributed by atoms with Gasteiger partial charge in [-0.25, -0.2) is 0 Å². The van der Waals surface area contributed by atoms with E-state index in [2.05, 4.69) is 33.0 Å². The maximum atomic E-state index is 8.56. The average molecular weight is 285 g/mol. The molecule has 0 fully saturated rings. The van der Waals surface area contributed by atoms with Crippen molar-refractivity contribution in [1.82, 2.24) is 5.43 Å². The molecular weight excluding hydrogens is 274 g/mol. The van der Waals surface area contributed by atoms with E-state index in [0.29, 0.717) is 11.4 Å². The first-order chi connectivity index (χ1) is 9.56. The van der Waals surface area contributed by atoms with Crippen molar-refractivity contribution >= 4 is 28.7 Å². The van der Waals surface area contributed by atoms with Crippen LogP contribution in [0.4, 0.5) is 5.69 Å². The van der Waals surface area contributed by atoms with Crippen LogP contribution in [0.2, 0.25) is 0 Å². The van der Waals surface area contributed by atoms with Gasteiger partial charge in [-0.15, -0.1) is 0 Å². The van der Waals surface area contributed by atoms with Crippen molar-refractivity contribution in [2.45, 2.75) is 13.0 Å². The fourth-order valence-electron chi connectivity index (χ4n) is 1.18. The summed E-state index contributed by atoms with van der Waals surface area (Å²) in [5.74, 6) is 0. The molecule has 20 heavy (non-hydrogen) atoms. The number of nitrogens with two attached hydrogens (primary N) is 1. The Hall–Kier alpha value is -2.84. The second-order valence-corrected chi connectivity index (χ2v) is 4.04. The van der Waals surface area contributed by atoms with Gasteiger partial charge in [-0.3, -0.25) is 5.43 Å². The van der Waals surface area contributed by atoms with Gasteiger partial charge < -0.3 is 5.73 Å². The summed E-state index contributed by atoms with van der Waals surface area (Å²) in [7, 11) is 0. The van der Waals surface area contributed by atoms with Crippen molar-refractivity contribution in [3.05, 3.63) is 29.8 Å². The molecule has 0 unspecified atom stereocenters. The van der Waals surface area contributed by atoms with E-state index in [4.69, 9.17) is 16.3 Å². The monoisotopic (exact) mass is 285 g/mol. The predicted molar refractivity (Wildman–Crippen MR) is 78.1 cm³/mol. The highest BCUT2D eigenvalue weighted by molar-refractivity contribution is 7.80. The third-order valence-electron chi connectivity index (χ3n) is 2.15. The van der Waals surface area contributed by atoms with Crippen LogP contribution in [0.5, 0.6) is 0 Å². The first-order valence-corrected chi connectivity index (χ1v) is 5.88. The van der Waals surface area contributed by atoms with Gasteiger partial charge in [-0.1, -0.05) is 12.1 Å². The molecule has 3 N–H and O–H groups in total. The SMILES string of the molecule is C/C(=N/NC(N)=S)c1ccc(N=NC(C#N)C#N)cc1. The summed E-state index contributed by atoms with van der Waals surface area (Å²) in [6.45, 7) is 1.79. The Morgan fingerprint density at radius 2 is 1.90 bits per heavy atom. The maximum absolute atomic E-state index is 8.56. The van der Waals surface area contributed by atoms with Crippen molar-refractivity contribution in [1.29, 1.82) is 10.5 Å². The molecule has 0 spiro atoms. The Morgan fingerprint density at radius 1 is 1.30 bits per heavy atom. The fourth-order valence-corrected chi connectivity index (χ4v) is 1.22. The van der Waals surface area contributed by atoms with E-state index in [1.165, 1.54) is 0 Å². The van der Waals surface area contributed by atoms with Gasteiger partial charge in [0.05, 0.1) is 11.4 Å². The molecule has 0 radical (unpaired) electrons. The number of hydrogen-bond acceptors (Lipinski definition) is 6. The minimum atomic E-state index is -1.09. The molecule has 0 amide bonds. The molecule has 0 heterocycles. The van der Waals surface area contributed by atoms with Gasteiger partial charge in [0, 0.05) is 0 Å². The normalized spacial score (nSPS) is 11.1. The molecule has 8 heteroatoms. The van der Waals surface area contributed by atoms with Crippen LogP contribution in [-0.4, -0.2) is 16.9 Å². The standard InChI is InChI=1S/C12H11N7S/c1-8(16-19-12(15)20)9-2-4-10(5-3-9)17-18-11(6-13)7-14/h2-5,11H,1H3,(H3,15,19,20)/b16-8-,18-17?. The lowest BCUT2D eigenvalue weighted by Gasteiger charge is -2.02. The Bertz CT molecular complexity index is 605. The molecule has 1 rings (SSSR count). The quantitative estimate of drug-likeness (QED) is 0.377. The Balaban J connectivity index is 2.80. The molecule has 0 aliphatic carbocycles. The van der Waals surface area contributed by atoms with Gasteiger partial charge >= 0.3 is 0 Å². The second kappa shape index (κ2) is 7.56. The summed E-state index contributed by atoms with van der Waals surface area (Å²) in [6, 6.07) is 9.28. The van der Waals surface area contributed by atoms with Crippen LogP contribution < -0.4 is 11.2 Å². The summed E-state index contributed by atoms with van der Waals surface area (Å²) < 4.78 is 0. The number of nitrogens with zero attached hydrogens (tertiary/aromatic N) is 5. The van der Waals surface area contributed by atoms with E-state index in [9.17, 15) is 0 Å². The molecule has 7 nitrogen and oxygen atoms in total. The van der Waals surface area contributed by atoms with Gasteiger partial charge in [0.2, 0.25) is 6.04 Å². The third-order valence-corrected chi connectivity index (χ3v) is 2.24. The fraction of sp³-hybridized carbons (Fsp3) is 0.167. The van der Waals surface area contributed by atoms with E-state index < -0.39 is 6.04 Å². The third kappa shape index (κ3) is 4.80. The summed E-state index contributed by atoms with van der Waals surface area (Å²) in [5.41, 5.74) is 9.86. The topological polar surface area (TPSA) is 123 Å². The summed E-state index contributed by atoms with van der Waals surface area (Å²) in [4.78, 5) is 0. The highest BCUT2D eigenvalue weighted by atomic mass is 32.1. The molecular formula is C12H11N7S. The Kier molecular flexibility index (Phi) is 5.75. The summed E-state index contributed by atoms with van der Waals surface area (Å²) in [6.07, 6.45) is 0. The number of hydrazone groups is 1. The van der Waals surface area contributed by atoms with Crippen LogP contribution >= 0.6 is 12.2 Å². The Labute approximate surface area is 121 Å². The molecule has 0 bridgehead atoms. The van der Waals surface area contributed by atoms with E-state index in [-0.39, 0.29) is 5.11 Å². The first kappa shape index (κ1) is 15.2. The number of nitriles is 2.